The number of rotatable bonds is 5. The first-order valence-corrected chi connectivity index (χ1v) is 7.45. The summed E-state index contributed by atoms with van der Waals surface area (Å²) in [5.41, 5.74) is 1.85. The number of hydrogen-bond acceptors (Lipinski definition) is 2. The van der Waals surface area contributed by atoms with Crippen molar-refractivity contribution in [2.24, 2.45) is 0 Å². The van der Waals surface area contributed by atoms with E-state index in [9.17, 15) is 4.39 Å². The Balaban J connectivity index is 2.19. The van der Waals surface area contributed by atoms with Crippen LogP contribution in [0.15, 0.2) is 18.2 Å². The van der Waals surface area contributed by atoms with E-state index in [2.05, 4.69) is 17.3 Å². The Kier molecular flexibility index (Phi) is 5.20. The van der Waals surface area contributed by atoms with Crippen molar-refractivity contribution in [1.82, 2.24) is 5.32 Å². The van der Waals surface area contributed by atoms with Gasteiger partial charge in [0.1, 0.15) is 5.82 Å². The van der Waals surface area contributed by atoms with Gasteiger partial charge in [-0.25, -0.2) is 4.39 Å². The number of nitrogens with one attached hydrogen (secondary N) is 1. The molecule has 0 spiro atoms. The Hall–Kier alpha value is -1.09. The van der Waals surface area contributed by atoms with Crippen molar-refractivity contribution in [3.63, 3.8) is 0 Å². The summed E-state index contributed by atoms with van der Waals surface area (Å²) in [6.45, 7) is 3.52. The number of hydrogen-bond donors (Lipinski definition) is 1. The van der Waals surface area contributed by atoms with Gasteiger partial charge in [0.15, 0.2) is 0 Å². The van der Waals surface area contributed by atoms with Crippen molar-refractivity contribution in [1.29, 1.82) is 0 Å². The van der Waals surface area contributed by atoms with Crippen molar-refractivity contribution in [2.45, 2.75) is 51.6 Å². The number of halogens is 1. The lowest BCUT2D eigenvalue weighted by atomic mass is 9.93. The van der Waals surface area contributed by atoms with Gasteiger partial charge in [0.2, 0.25) is 0 Å². The van der Waals surface area contributed by atoms with Crippen molar-refractivity contribution >= 4 is 5.69 Å². The Morgan fingerprint density at radius 1 is 1.26 bits per heavy atom. The van der Waals surface area contributed by atoms with E-state index in [0.717, 1.165) is 17.8 Å². The first kappa shape index (κ1) is 14.3. The van der Waals surface area contributed by atoms with Crippen LogP contribution < -0.4 is 10.2 Å². The van der Waals surface area contributed by atoms with E-state index >= 15 is 0 Å². The molecule has 2 nitrogen and oxygen atoms in total. The Bertz CT molecular complexity index is 400. The molecule has 19 heavy (non-hydrogen) atoms. The summed E-state index contributed by atoms with van der Waals surface area (Å²) >= 11 is 0. The lowest BCUT2D eigenvalue weighted by molar-refractivity contribution is 0.426. The molecule has 0 aliphatic heterocycles. The lowest BCUT2D eigenvalue weighted by Crippen LogP contribution is -2.34. The maximum absolute atomic E-state index is 14.0. The highest BCUT2D eigenvalue weighted by Gasteiger charge is 2.21. The summed E-state index contributed by atoms with van der Waals surface area (Å²) in [6, 6.07) is 5.99. The standard InChI is InChI=1S/C16H25FN2/c1-3-18-12-14-15(17)10-7-11-16(14)19(2)13-8-5-4-6-9-13/h7,10-11,13,18H,3-6,8-9,12H2,1-2H3. The van der Waals surface area contributed by atoms with Crippen LogP contribution in [0.4, 0.5) is 10.1 Å². The van der Waals surface area contributed by atoms with E-state index < -0.39 is 0 Å². The molecule has 1 N–H and O–H groups in total. The van der Waals surface area contributed by atoms with E-state index in [4.69, 9.17) is 0 Å². The minimum Gasteiger partial charge on any atom is -0.371 e. The second kappa shape index (κ2) is 6.90. The molecule has 0 saturated heterocycles. The summed E-state index contributed by atoms with van der Waals surface area (Å²) in [4.78, 5) is 2.29. The topological polar surface area (TPSA) is 15.3 Å². The molecule has 0 aromatic heterocycles. The fourth-order valence-electron chi connectivity index (χ4n) is 2.97. The highest BCUT2D eigenvalue weighted by molar-refractivity contribution is 5.54. The van der Waals surface area contributed by atoms with Crippen LogP contribution in [-0.2, 0) is 6.54 Å². The van der Waals surface area contributed by atoms with Crippen LogP contribution in [0.1, 0.15) is 44.6 Å². The molecule has 1 aromatic rings. The summed E-state index contributed by atoms with van der Waals surface area (Å²) in [5.74, 6) is -0.0962. The van der Waals surface area contributed by atoms with Crippen molar-refractivity contribution in [3.05, 3.63) is 29.6 Å². The summed E-state index contributed by atoms with van der Waals surface area (Å²) in [5, 5.41) is 3.24. The average Bonchev–Trinajstić information content (AvgIpc) is 2.46. The van der Waals surface area contributed by atoms with Crippen LogP contribution in [0.3, 0.4) is 0 Å². The predicted octanol–water partition coefficient (Wildman–Crippen LogP) is 3.70. The molecule has 1 aliphatic rings. The first-order valence-electron chi connectivity index (χ1n) is 7.45. The molecule has 0 radical (unpaired) electrons. The fourth-order valence-corrected chi connectivity index (χ4v) is 2.97. The average molecular weight is 264 g/mol. The molecule has 1 aromatic carbocycles. The molecule has 2 rings (SSSR count). The third kappa shape index (κ3) is 3.47. The van der Waals surface area contributed by atoms with E-state index in [0.29, 0.717) is 12.6 Å². The second-order valence-corrected chi connectivity index (χ2v) is 5.42. The fraction of sp³-hybridized carbons (Fsp3) is 0.625. The van der Waals surface area contributed by atoms with E-state index in [-0.39, 0.29) is 5.82 Å². The second-order valence-electron chi connectivity index (χ2n) is 5.42. The maximum atomic E-state index is 14.0. The smallest absolute Gasteiger partial charge is 0.129 e. The highest BCUT2D eigenvalue weighted by atomic mass is 19.1. The van der Waals surface area contributed by atoms with Crippen LogP contribution in [-0.4, -0.2) is 19.6 Å². The molecule has 106 valence electrons. The van der Waals surface area contributed by atoms with E-state index in [1.807, 2.05) is 19.1 Å². The van der Waals surface area contributed by atoms with Crippen LogP contribution in [0.25, 0.3) is 0 Å². The van der Waals surface area contributed by atoms with Crippen molar-refractivity contribution in [2.75, 3.05) is 18.5 Å². The van der Waals surface area contributed by atoms with Gasteiger partial charge in [-0.05, 0) is 31.5 Å². The Labute approximate surface area is 116 Å². The van der Waals surface area contributed by atoms with Gasteiger partial charge < -0.3 is 10.2 Å². The van der Waals surface area contributed by atoms with Crippen LogP contribution in [0.2, 0.25) is 0 Å². The molecule has 0 heterocycles. The molecule has 1 aliphatic carbocycles. The zero-order chi connectivity index (χ0) is 13.7. The third-order valence-corrected chi connectivity index (χ3v) is 4.15. The summed E-state index contributed by atoms with van der Waals surface area (Å²) in [7, 11) is 2.11. The molecule has 1 fully saturated rings. The largest absolute Gasteiger partial charge is 0.371 e. The molecular formula is C16H25FN2. The minimum absolute atomic E-state index is 0.0962. The molecule has 0 amide bonds. The van der Waals surface area contributed by atoms with E-state index in [1.54, 1.807) is 6.07 Å². The SMILES string of the molecule is CCNCc1c(F)cccc1N(C)C1CCCCC1. The third-order valence-electron chi connectivity index (χ3n) is 4.15. The van der Waals surface area contributed by atoms with Crippen molar-refractivity contribution in [3.8, 4) is 0 Å². The quantitative estimate of drug-likeness (QED) is 0.872. The van der Waals surface area contributed by atoms with Gasteiger partial charge in [0.25, 0.3) is 0 Å². The molecule has 3 heteroatoms. The van der Waals surface area contributed by atoms with Gasteiger partial charge in [-0.3, -0.25) is 0 Å². The first-order chi connectivity index (χ1) is 9.24. The van der Waals surface area contributed by atoms with Gasteiger partial charge in [0, 0.05) is 30.9 Å². The summed E-state index contributed by atoms with van der Waals surface area (Å²) < 4.78 is 14.0. The number of benzene rings is 1. The normalized spacial score (nSPS) is 16.6. The lowest BCUT2D eigenvalue weighted by Gasteiger charge is -2.34. The monoisotopic (exact) mass is 264 g/mol. The van der Waals surface area contributed by atoms with Crippen molar-refractivity contribution < 1.29 is 4.39 Å². The Morgan fingerprint density at radius 3 is 2.68 bits per heavy atom. The van der Waals surface area contributed by atoms with Crippen LogP contribution >= 0.6 is 0 Å². The van der Waals surface area contributed by atoms with Crippen LogP contribution in [0.5, 0.6) is 0 Å². The molecular weight excluding hydrogens is 239 g/mol. The molecule has 0 bridgehead atoms. The van der Waals surface area contributed by atoms with Gasteiger partial charge in [-0.1, -0.05) is 32.3 Å². The minimum atomic E-state index is -0.0962. The molecule has 0 atom stereocenters. The molecule has 0 unspecified atom stereocenters. The van der Waals surface area contributed by atoms with Gasteiger partial charge in [-0.15, -0.1) is 0 Å². The van der Waals surface area contributed by atoms with Gasteiger partial charge in [0.05, 0.1) is 0 Å². The summed E-state index contributed by atoms with van der Waals surface area (Å²) in [6.07, 6.45) is 6.40. The zero-order valence-corrected chi connectivity index (χ0v) is 12.1. The van der Waals surface area contributed by atoms with Gasteiger partial charge >= 0.3 is 0 Å². The number of nitrogens with zero attached hydrogens (tertiary/aromatic N) is 1. The maximum Gasteiger partial charge on any atom is 0.129 e. The zero-order valence-electron chi connectivity index (χ0n) is 12.1. The van der Waals surface area contributed by atoms with E-state index in [1.165, 1.54) is 32.1 Å². The van der Waals surface area contributed by atoms with Gasteiger partial charge in [-0.2, -0.15) is 0 Å². The Morgan fingerprint density at radius 2 is 2.00 bits per heavy atom. The van der Waals surface area contributed by atoms with Crippen LogP contribution in [0, 0.1) is 5.82 Å². The highest BCUT2D eigenvalue weighted by Crippen LogP contribution is 2.29. The number of anilines is 1. The molecule has 1 saturated carbocycles. The predicted molar refractivity (Wildman–Crippen MR) is 79.1 cm³/mol.